The molecule has 0 aliphatic rings. The van der Waals surface area contributed by atoms with Crippen molar-refractivity contribution < 1.29 is 23.5 Å². The van der Waals surface area contributed by atoms with E-state index in [1.165, 1.54) is 19.1 Å². The Morgan fingerprint density at radius 3 is 2.18 bits per heavy atom. The zero-order chi connectivity index (χ0) is 22.1. The highest BCUT2D eigenvalue weighted by Gasteiger charge is 2.19. The van der Waals surface area contributed by atoms with Crippen LogP contribution in [0, 0.1) is 11.7 Å². The summed E-state index contributed by atoms with van der Waals surface area (Å²) in [5.41, 5.74) is 4.91. The maximum atomic E-state index is 13.6. The Morgan fingerprint density at radius 2 is 1.82 bits per heavy atom. The Kier molecular flexibility index (Phi) is 10.7. The van der Waals surface area contributed by atoms with Gasteiger partial charge in [-0.3, -0.25) is 9.59 Å². The molecule has 1 aromatic rings. The van der Waals surface area contributed by atoms with Gasteiger partial charge in [0.25, 0.3) is 0 Å². The highest BCUT2D eigenvalue weighted by atomic mass is 79.9. The van der Waals surface area contributed by atoms with Crippen LogP contribution in [0.2, 0.25) is 0 Å². The van der Waals surface area contributed by atoms with Crippen molar-refractivity contribution in [3.8, 4) is 0 Å². The first kappa shape index (κ1) is 25.8. The largest absolute Gasteiger partial charge is 0.460 e. The third-order valence-electron chi connectivity index (χ3n) is 2.99. The summed E-state index contributed by atoms with van der Waals surface area (Å²) in [7, 11) is 0. The Morgan fingerprint density at radius 1 is 1.25 bits per heavy atom. The van der Waals surface area contributed by atoms with Crippen LogP contribution in [0.5, 0.6) is 0 Å². The highest BCUT2D eigenvalue weighted by Crippen LogP contribution is 2.19. The van der Waals surface area contributed by atoms with E-state index in [-0.39, 0.29) is 23.2 Å². The zero-order valence-electron chi connectivity index (χ0n) is 17.1. The molecule has 0 spiro atoms. The second-order valence-corrected chi connectivity index (χ2v) is 8.43. The number of benzene rings is 1. The van der Waals surface area contributed by atoms with Gasteiger partial charge in [0.05, 0.1) is 5.69 Å². The van der Waals surface area contributed by atoms with Crippen LogP contribution in [-0.4, -0.2) is 29.6 Å². The molecule has 0 heterocycles. The molecule has 1 atom stereocenters. The average molecular weight is 462 g/mol. The molecule has 0 bridgehead atoms. The average Bonchev–Trinajstić information content (AvgIpc) is 2.47. The van der Waals surface area contributed by atoms with Gasteiger partial charge in [-0.2, -0.15) is 0 Å². The van der Waals surface area contributed by atoms with Gasteiger partial charge in [-0.25, -0.2) is 9.18 Å². The first-order chi connectivity index (χ1) is 12.7. The summed E-state index contributed by atoms with van der Waals surface area (Å²) in [6, 6.07) is 2.79. The summed E-state index contributed by atoms with van der Waals surface area (Å²) >= 11 is 3.12. The number of carbonyl (C=O) groups is 3. The number of nitrogens with one attached hydrogen (secondary N) is 2. The smallest absolute Gasteiger partial charge is 0.319 e. The van der Waals surface area contributed by atoms with Crippen molar-refractivity contribution in [2.24, 2.45) is 11.7 Å². The number of anilines is 1. The Hall–Kier alpha value is -2.16. The molecule has 3 amide bonds. The number of esters is 1. The van der Waals surface area contributed by atoms with Gasteiger partial charge in [0.1, 0.15) is 17.5 Å². The van der Waals surface area contributed by atoms with Crippen LogP contribution in [0.15, 0.2) is 22.7 Å². The fourth-order valence-corrected chi connectivity index (χ4v) is 2.39. The number of ether oxygens (including phenoxy) is 1. The van der Waals surface area contributed by atoms with Gasteiger partial charge in [0.2, 0.25) is 5.91 Å². The molecule has 7 nitrogen and oxygen atoms in total. The number of hydrogen-bond acceptors (Lipinski definition) is 4. The van der Waals surface area contributed by atoms with Gasteiger partial charge in [-0.15, -0.1) is 0 Å². The topological polar surface area (TPSA) is 111 Å². The normalized spacial score (nSPS) is 11.8. The summed E-state index contributed by atoms with van der Waals surface area (Å²) in [6.45, 7) is 10.7. The maximum absolute atomic E-state index is 13.6. The molecule has 0 saturated heterocycles. The van der Waals surface area contributed by atoms with Gasteiger partial charge < -0.3 is 21.1 Å². The standard InChI is InChI=1S/C13H17BrFN3O2.C6H12O2/c1-7(2)5-11(12(16)19)18-13(20)17-10-4-3-8(14)6-9(10)15;1-5(7)8-6(2,3)4/h3-4,6-7,11H,5H2,1-2H3,(H2,16,19)(H2,17,18,20);1-4H3/t11-;/m0./s1. The van der Waals surface area contributed by atoms with Crippen molar-refractivity contribution in [3.63, 3.8) is 0 Å². The first-order valence-electron chi connectivity index (χ1n) is 8.72. The third kappa shape index (κ3) is 12.3. The summed E-state index contributed by atoms with van der Waals surface area (Å²) in [4.78, 5) is 33.2. The van der Waals surface area contributed by atoms with Crippen LogP contribution in [-0.2, 0) is 14.3 Å². The monoisotopic (exact) mass is 461 g/mol. The van der Waals surface area contributed by atoms with Crippen LogP contribution < -0.4 is 16.4 Å². The molecule has 9 heteroatoms. The highest BCUT2D eigenvalue weighted by molar-refractivity contribution is 9.10. The lowest BCUT2D eigenvalue weighted by molar-refractivity contribution is -0.151. The molecular formula is C19H29BrFN3O4. The van der Waals surface area contributed by atoms with Gasteiger partial charge in [0.15, 0.2) is 0 Å². The molecule has 0 fully saturated rings. The van der Waals surface area contributed by atoms with E-state index in [1.807, 2.05) is 34.6 Å². The first-order valence-corrected chi connectivity index (χ1v) is 9.52. The molecular weight excluding hydrogens is 433 g/mol. The summed E-state index contributed by atoms with van der Waals surface area (Å²) in [5, 5.41) is 4.78. The minimum Gasteiger partial charge on any atom is -0.460 e. The fourth-order valence-electron chi connectivity index (χ4n) is 2.06. The number of urea groups is 1. The quantitative estimate of drug-likeness (QED) is 0.576. The Balaban J connectivity index is 0.000000769. The van der Waals surface area contributed by atoms with Crippen molar-refractivity contribution in [1.82, 2.24) is 5.32 Å². The number of amides is 3. The number of halogens is 2. The third-order valence-corrected chi connectivity index (χ3v) is 3.48. The van der Waals surface area contributed by atoms with E-state index in [2.05, 4.69) is 26.6 Å². The molecule has 28 heavy (non-hydrogen) atoms. The number of primary amides is 1. The predicted molar refractivity (Wildman–Crippen MR) is 110 cm³/mol. The lowest BCUT2D eigenvalue weighted by Gasteiger charge is -2.18. The van der Waals surface area contributed by atoms with Crippen LogP contribution in [0.1, 0.15) is 48.0 Å². The van der Waals surface area contributed by atoms with Gasteiger partial charge in [-0.05, 0) is 51.3 Å². The molecule has 4 N–H and O–H groups in total. The number of nitrogens with two attached hydrogens (primary N) is 1. The molecule has 0 aliphatic carbocycles. The van der Waals surface area contributed by atoms with Crippen LogP contribution in [0.25, 0.3) is 0 Å². The summed E-state index contributed by atoms with van der Waals surface area (Å²) < 4.78 is 18.9. The number of carbonyl (C=O) groups excluding carboxylic acids is 3. The molecule has 158 valence electrons. The van der Waals surface area contributed by atoms with E-state index in [1.54, 1.807) is 6.07 Å². The summed E-state index contributed by atoms with van der Waals surface area (Å²) in [5.74, 6) is -1.23. The predicted octanol–water partition coefficient (Wildman–Crippen LogP) is 3.96. The fraction of sp³-hybridized carbons (Fsp3) is 0.526. The molecule has 1 aromatic carbocycles. The van der Waals surface area contributed by atoms with E-state index < -0.39 is 23.8 Å². The van der Waals surface area contributed by atoms with E-state index in [9.17, 15) is 18.8 Å². The second-order valence-electron chi connectivity index (χ2n) is 7.51. The zero-order valence-corrected chi connectivity index (χ0v) is 18.6. The molecule has 0 radical (unpaired) electrons. The van der Waals surface area contributed by atoms with Crippen LogP contribution in [0.4, 0.5) is 14.9 Å². The van der Waals surface area contributed by atoms with Crippen molar-refractivity contribution >= 4 is 39.5 Å². The number of hydrogen-bond donors (Lipinski definition) is 3. The SMILES string of the molecule is CC(=O)OC(C)(C)C.CC(C)C[C@H](NC(=O)Nc1ccc(Br)cc1F)C(N)=O. The van der Waals surface area contributed by atoms with Crippen LogP contribution >= 0.6 is 15.9 Å². The lowest BCUT2D eigenvalue weighted by Crippen LogP contribution is -2.46. The van der Waals surface area contributed by atoms with Gasteiger partial charge >= 0.3 is 12.0 Å². The minimum atomic E-state index is -0.784. The summed E-state index contributed by atoms with van der Waals surface area (Å²) in [6.07, 6.45) is 0.422. The van der Waals surface area contributed by atoms with Crippen molar-refractivity contribution in [2.75, 3.05) is 5.32 Å². The number of rotatable bonds is 5. The lowest BCUT2D eigenvalue weighted by atomic mass is 10.0. The van der Waals surface area contributed by atoms with Crippen molar-refractivity contribution in [2.45, 2.75) is 59.6 Å². The Bertz CT molecular complexity index is 690. The van der Waals surface area contributed by atoms with Crippen molar-refractivity contribution in [1.29, 1.82) is 0 Å². The second kappa shape index (κ2) is 11.6. The van der Waals surface area contributed by atoms with E-state index in [0.717, 1.165) is 0 Å². The Labute approximate surface area is 173 Å². The molecule has 1 rings (SSSR count). The molecule has 0 aliphatic heterocycles. The van der Waals surface area contributed by atoms with Gasteiger partial charge in [0, 0.05) is 11.4 Å². The van der Waals surface area contributed by atoms with E-state index >= 15 is 0 Å². The van der Waals surface area contributed by atoms with Crippen LogP contribution in [0.3, 0.4) is 0 Å². The van der Waals surface area contributed by atoms with E-state index in [4.69, 9.17) is 10.5 Å². The van der Waals surface area contributed by atoms with Crippen molar-refractivity contribution in [3.05, 3.63) is 28.5 Å². The van der Waals surface area contributed by atoms with Gasteiger partial charge in [-0.1, -0.05) is 29.8 Å². The minimum absolute atomic E-state index is 0.0264. The molecule has 0 aromatic heterocycles. The molecule has 0 unspecified atom stereocenters. The van der Waals surface area contributed by atoms with E-state index in [0.29, 0.717) is 10.9 Å². The molecule has 0 saturated carbocycles. The maximum Gasteiger partial charge on any atom is 0.319 e.